The van der Waals surface area contributed by atoms with Crippen molar-refractivity contribution in [2.75, 3.05) is 40.3 Å². The quantitative estimate of drug-likeness (QED) is 0.576. The van der Waals surface area contributed by atoms with Crippen LogP contribution in [0.5, 0.6) is 0 Å². The normalized spacial score (nSPS) is 11.2. The molecular weight excluding hydrogens is 276 g/mol. The lowest BCUT2D eigenvalue weighted by atomic mass is 10.2. The number of rotatable bonds is 8. The molecule has 1 aromatic heterocycles. The van der Waals surface area contributed by atoms with Crippen molar-refractivity contribution in [1.82, 2.24) is 5.32 Å². The van der Waals surface area contributed by atoms with E-state index < -0.39 is 0 Å². The van der Waals surface area contributed by atoms with Gasteiger partial charge in [-0.25, -0.2) is 4.79 Å². The third-order valence-electron chi connectivity index (χ3n) is 2.85. The van der Waals surface area contributed by atoms with Crippen molar-refractivity contribution in [3.8, 4) is 0 Å². The number of nitrogens with one attached hydrogen (secondary N) is 1. The monoisotopic (exact) mass is 299 g/mol. The molecule has 112 valence electrons. The van der Waals surface area contributed by atoms with Crippen LogP contribution in [0.2, 0.25) is 0 Å². The van der Waals surface area contributed by atoms with Gasteiger partial charge in [0.15, 0.2) is 6.54 Å². The lowest BCUT2D eigenvalue weighted by molar-refractivity contribution is -0.881. The van der Waals surface area contributed by atoms with Crippen LogP contribution in [0.3, 0.4) is 0 Å². The Labute approximate surface area is 124 Å². The summed E-state index contributed by atoms with van der Waals surface area (Å²) in [5.74, 6) is -0.193. The maximum atomic E-state index is 11.7. The Bertz CT molecular complexity index is 430. The van der Waals surface area contributed by atoms with Crippen LogP contribution in [0.1, 0.15) is 12.5 Å². The average molecular weight is 299 g/mol. The summed E-state index contributed by atoms with van der Waals surface area (Å²) in [6, 6.07) is 1.95. The smallest absolute Gasteiger partial charge is 0.361 e. The number of nitrogens with zero attached hydrogens (tertiary/aromatic N) is 1. The maximum absolute atomic E-state index is 11.7. The van der Waals surface area contributed by atoms with Gasteiger partial charge in [0.2, 0.25) is 5.91 Å². The summed E-state index contributed by atoms with van der Waals surface area (Å²) < 4.78 is 5.43. The maximum Gasteiger partial charge on any atom is 0.361 e. The van der Waals surface area contributed by atoms with E-state index in [-0.39, 0.29) is 11.9 Å². The zero-order valence-corrected chi connectivity index (χ0v) is 13.2. The number of carbonyl (C=O) groups is 2. The van der Waals surface area contributed by atoms with E-state index in [1.165, 1.54) is 0 Å². The van der Waals surface area contributed by atoms with Crippen molar-refractivity contribution in [3.63, 3.8) is 0 Å². The third-order valence-corrected chi connectivity index (χ3v) is 3.58. The number of thiophene rings is 1. The molecule has 6 heteroatoms. The highest BCUT2D eigenvalue weighted by Gasteiger charge is 2.20. The summed E-state index contributed by atoms with van der Waals surface area (Å²) in [7, 11) is 3.89. The highest BCUT2D eigenvalue weighted by Crippen LogP contribution is 2.06. The van der Waals surface area contributed by atoms with Gasteiger partial charge in [-0.1, -0.05) is 0 Å². The Balaban J connectivity index is 2.24. The zero-order valence-electron chi connectivity index (χ0n) is 12.3. The molecule has 0 aliphatic heterocycles. The van der Waals surface area contributed by atoms with Crippen molar-refractivity contribution in [2.45, 2.75) is 13.3 Å². The Morgan fingerprint density at radius 3 is 2.75 bits per heavy atom. The predicted octanol–water partition coefficient (Wildman–Crippen LogP) is 1.05. The van der Waals surface area contributed by atoms with Crippen molar-refractivity contribution in [1.29, 1.82) is 0 Å². The minimum atomic E-state index is -0.206. The predicted molar refractivity (Wildman–Crippen MR) is 79.5 cm³/mol. The Morgan fingerprint density at radius 1 is 1.40 bits per heavy atom. The van der Waals surface area contributed by atoms with Crippen LogP contribution in [-0.4, -0.2) is 56.7 Å². The molecule has 0 aliphatic rings. The molecule has 0 saturated heterocycles. The first-order valence-electron chi connectivity index (χ1n) is 6.68. The summed E-state index contributed by atoms with van der Waals surface area (Å²) in [6.07, 6.45) is 0.412. The van der Waals surface area contributed by atoms with Crippen LogP contribution in [-0.2, 0) is 20.7 Å². The SMILES string of the molecule is CCOC(=O)C[N+](C)(C)CCNC(=O)Cc1ccsc1. The van der Waals surface area contributed by atoms with E-state index in [9.17, 15) is 9.59 Å². The fourth-order valence-electron chi connectivity index (χ4n) is 1.77. The number of hydrogen-bond acceptors (Lipinski definition) is 4. The molecule has 5 nitrogen and oxygen atoms in total. The number of amides is 1. The molecular formula is C14H23N2O3S+. The topological polar surface area (TPSA) is 55.4 Å². The van der Waals surface area contributed by atoms with Gasteiger partial charge in [-0.3, -0.25) is 4.79 Å². The molecule has 0 fully saturated rings. The van der Waals surface area contributed by atoms with Gasteiger partial charge < -0.3 is 14.5 Å². The first kappa shape index (κ1) is 16.7. The number of quaternary nitrogens is 1. The first-order valence-corrected chi connectivity index (χ1v) is 7.62. The van der Waals surface area contributed by atoms with E-state index in [0.29, 0.717) is 37.1 Å². The molecule has 0 spiro atoms. The highest BCUT2D eigenvalue weighted by molar-refractivity contribution is 7.07. The molecule has 1 amide bonds. The number of esters is 1. The van der Waals surface area contributed by atoms with E-state index in [4.69, 9.17) is 4.74 Å². The summed E-state index contributed by atoms with van der Waals surface area (Å²) in [6.45, 7) is 3.75. The number of hydrogen-bond donors (Lipinski definition) is 1. The lowest BCUT2D eigenvalue weighted by Crippen LogP contribution is -2.48. The van der Waals surface area contributed by atoms with Crippen molar-refractivity contribution >= 4 is 23.2 Å². The summed E-state index contributed by atoms with van der Waals surface area (Å²) in [4.78, 5) is 23.2. The largest absolute Gasteiger partial charge is 0.462 e. The Hall–Kier alpha value is -1.40. The molecule has 0 unspecified atom stereocenters. The molecule has 0 saturated carbocycles. The fourth-order valence-corrected chi connectivity index (χ4v) is 2.44. The van der Waals surface area contributed by atoms with Gasteiger partial charge in [0.25, 0.3) is 0 Å². The van der Waals surface area contributed by atoms with Crippen LogP contribution in [0.15, 0.2) is 16.8 Å². The number of likely N-dealkylation sites (N-methyl/N-ethyl adjacent to an activating group) is 1. The van der Waals surface area contributed by atoms with Gasteiger partial charge in [-0.2, -0.15) is 11.3 Å². The minimum Gasteiger partial charge on any atom is -0.462 e. The van der Waals surface area contributed by atoms with Gasteiger partial charge in [0, 0.05) is 0 Å². The van der Waals surface area contributed by atoms with Crippen LogP contribution < -0.4 is 5.32 Å². The van der Waals surface area contributed by atoms with E-state index in [1.807, 2.05) is 30.9 Å². The van der Waals surface area contributed by atoms with E-state index >= 15 is 0 Å². The van der Waals surface area contributed by atoms with Gasteiger partial charge >= 0.3 is 5.97 Å². The van der Waals surface area contributed by atoms with Crippen LogP contribution in [0, 0.1) is 0 Å². The molecule has 1 N–H and O–H groups in total. The Morgan fingerprint density at radius 2 is 2.15 bits per heavy atom. The summed E-state index contributed by atoms with van der Waals surface area (Å²) in [5.41, 5.74) is 1.03. The van der Waals surface area contributed by atoms with E-state index in [0.717, 1.165) is 5.56 Å². The highest BCUT2D eigenvalue weighted by atomic mass is 32.1. The molecule has 0 aliphatic carbocycles. The molecule has 0 aromatic carbocycles. The minimum absolute atomic E-state index is 0.0135. The van der Waals surface area contributed by atoms with Gasteiger partial charge in [0.1, 0.15) is 0 Å². The number of ether oxygens (including phenoxy) is 1. The van der Waals surface area contributed by atoms with E-state index in [1.54, 1.807) is 18.3 Å². The van der Waals surface area contributed by atoms with E-state index in [2.05, 4.69) is 5.32 Å². The van der Waals surface area contributed by atoms with Crippen molar-refractivity contribution < 1.29 is 18.8 Å². The molecule has 0 radical (unpaired) electrons. The Kier molecular flexibility index (Phi) is 6.67. The van der Waals surface area contributed by atoms with Crippen molar-refractivity contribution in [2.24, 2.45) is 0 Å². The molecule has 20 heavy (non-hydrogen) atoms. The standard InChI is InChI=1S/C14H22N2O3S/c1-4-19-14(18)10-16(2,3)7-6-15-13(17)9-12-5-8-20-11-12/h5,8,11H,4,6-7,9-10H2,1-3H3/p+1. The second-order valence-electron chi connectivity index (χ2n) is 5.28. The zero-order chi connectivity index (χ0) is 15.0. The van der Waals surface area contributed by atoms with Gasteiger partial charge in [-0.15, -0.1) is 0 Å². The molecule has 0 atom stereocenters. The fraction of sp³-hybridized carbons (Fsp3) is 0.571. The van der Waals surface area contributed by atoms with Crippen LogP contribution in [0.25, 0.3) is 0 Å². The summed E-state index contributed by atoms with van der Waals surface area (Å²) >= 11 is 1.59. The first-order chi connectivity index (χ1) is 9.43. The molecule has 0 bridgehead atoms. The average Bonchev–Trinajstić information content (AvgIpc) is 2.80. The van der Waals surface area contributed by atoms with Crippen LogP contribution in [0.4, 0.5) is 0 Å². The van der Waals surface area contributed by atoms with Crippen LogP contribution >= 0.6 is 11.3 Å². The second kappa shape index (κ2) is 8.01. The lowest BCUT2D eigenvalue weighted by Gasteiger charge is -2.28. The van der Waals surface area contributed by atoms with Gasteiger partial charge in [0.05, 0.1) is 40.2 Å². The third kappa shape index (κ3) is 6.68. The molecule has 1 aromatic rings. The summed E-state index contributed by atoms with van der Waals surface area (Å²) in [5, 5.41) is 6.81. The molecule has 1 rings (SSSR count). The van der Waals surface area contributed by atoms with Crippen molar-refractivity contribution in [3.05, 3.63) is 22.4 Å². The van der Waals surface area contributed by atoms with Gasteiger partial charge in [-0.05, 0) is 29.3 Å². The number of carbonyl (C=O) groups excluding carboxylic acids is 2. The second-order valence-corrected chi connectivity index (χ2v) is 6.06. The molecule has 1 heterocycles.